The van der Waals surface area contributed by atoms with Gasteiger partial charge < -0.3 is 0 Å². The number of hydrogen-bond donors (Lipinski definition) is 1. The number of rotatable bonds is 0. The molecule has 0 aromatic carbocycles. The van der Waals surface area contributed by atoms with Crippen LogP contribution in [0.5, 0.6) is 0 Å². The van der Waals surface area contributed by atoms with E-state index in [2.05, 4.69) is 13.8 Å². The van der Waals surface area contributed by atoms with Crippen molar-refractivity contribution in [3.8, 4) is 0 Å². The van der Waals surface area contributed by atoms with Crippen LogP contribution in [0.4, 0.5) is 0 Å². The van der Waals surface area contributed by atoms with Crippen LogP contribution in [0.15, 0.2) is 0 Å². The molecule has 0 fully saturated rings. The van der Waals surface area contributed by atoms with Gasteiger partial charge in [0.1, 0.15) is 0 Å². The molecule has 0 saturated carbocycles. The van der Waals surface area contributed by atoms with E-state index in [1.54, 1.807) is 0 Å². The van der Waals surface area contributed by atoms with Gasteiger partial charge in [0, 0.05) is 75.5 Å². The molecule has 0 spiro atoms. The molecule has 0 aliphatic carbocycles. The second-order valence-electron chi connectivity index (χ2n) is 1.44. The molecule has 68 valence electrons. The third-order valence-electron chi connectivity index (χ3n) is 0. The van der Waals surface area contributed by atoms with E-state index in [1.807, 2.05) is 0 Å². The topological polar surface area (TPSA) is 54.4 Å². The number of hydrogen-bond acceptors (Lipinski definition) is 2. The van der Waals surface area contributed by atoms with Crippen molar-refractivity contribution in [1.29, 1.82) is 0 Å². The zero-order valence-electron chi connectivity index (χ0n) is 6.09. The zero-order chi connectivity index (χ0) is 7.21. The zero-order valence-corrected chi connectivity index (χ0v) is 8.32. The summed E-state index contributed by atoms with van der Waals surface area (Å²) in [6.07, 6.45) is 1.97. The van der Waals surface area contributed by atoms with Crippen molar-refractivity contribution in [2.45, 2.75) is 20.3 Å². The third-order valence-corrected chi connectivity index (χ3v) is 0. The van der Waals surface area contributed by atoms with Crippen LogP contribution in [0, 0.1) is 75.5 Å². The molecule has 0 radical (unpaired) electrons. The summed E-state index contributed by atoms with van der Waals surface area (Å²) in [5.41, 5.74) is 0. The monoisotopic (exact) mass is 220 g/mol. The predicted octanol–water partition coefficient (Wildman–Crippen LogP) is 0.920. The Balaban J connectivity index is -0.0000000326. The first-order valence-corrected chi connectivity index (χ1v) is 4.19. The maximum Gasteiger partial charge on any atom is 0.261 e. The van der Waals surface area contributed by atoms with Gasteiger partial charge in [0.2, 0.25) is 0 Å². The van der Waals surface area contributed by atoms with Crippen LogP contribution < -0.4 is 0 Å². The summed E-state index contributed by atoms with van der Waals surface area (Å²) < 4.78 is 25.9. The first-order chi connectivity index (χ1) is 3.41. The fraction of sp³-hybridized carbons (Fsp3) is 1.00. The molecule has 0 heterocycles. The Kier molecular flexibility index (Phi) is 32.0. The molecule has 0 aliphatic heterocycles. The summed E-state index contributed by atoms with van der Waals surface area (Å²) in [6.45, 7) is 4.25. The van der Waals surface area contributed by atoms with Gasteiger partial charge >= 0.3 is 0 Å². The summed E-state index contributed by atoms with van der Waals surface area (Å²) in [4.78, 5) is 0. The fourth-order valence-electron chi connectivity index (χ4n) is 0. The average Bonchev–Trinajstić information content (AvgIpc) is 1.27. The quantitative estimate of drug-likeness (QED) is 0.617. The molecule has 0 aliphatic rings. The van der Waals surface area contributed by atoms with Gasteiger partial charge in [0.25, 0.3) is 10.1 Å². The molecule has 6 heteroatoms. The molecular formula is C4H12Ar2O3S. The largest absolute Gasteiger partial charge is 0.286 e. The minimum absolute atomic E-state index is 0. The smallest absolute Gasteiger partial charge is 0.261 e. The molecule has 0 bridgehead atoms. The molecule has 0 rings (SSSR count). The normalized spacial score (nSPS) is 7.60. The van der Waals surface area contributed by atoms with Crippen LogP contribution in [0.3, 0.4) is 0 Å². The molecule has 0 amide bonds. The maximum absolute atomic E-state index is 9.19. The van der Waals surface area contributed by atoms with Crippen LogP contribution in [0.25, 0.3) is 0 Å². The van der Waals surface area contributed by atoms with Crippen molar-refractivity contribution < 1.29 is 88.4 Å². The fourth-order valence-corrected chi connectivity index (χ4v) is 0. The molecule has 0 aromatic heterocycles. The molecular weight excluding hydrogens is 208 g/mol. The minimum Gasteiger partial charge on any atom is -0.286 e. The Morgan fingerprint density at radius 3 is 1.20 bits per heavy atom. The van der Waals surface area contributed by atoms with Crippen LogP contribution in [-0.2, 0) is 10.1 Å². The van der Waals surface area contributed by atoms with E-state index in [9.17, 15) is 8.42 Å². The minimum atomic E-state index is -3.67. The van der Waals surface area contributed by atoms with Crippen LogP contribution in [-0.4, -0.2) is 19.2 Å². The Bertz CT molecular complexity index is 112. The molecule has 0 saturated heterocycles. The first kappa shape index (κ1) is 22.9. The van der Waals surface area contributed by atoms with E-state index < -0.39 is 10.1 Å². The van der Waals surface area contributed by atoms with Gasteiger partial charge in [-0.1, -0.05) is 20.3 Å². The third kappa shape index (κ3) is 157. The first-order valence-electron chi connectivity index (χ1n) is 2.34. The van der Waals surface area contributed by atoms with E-state index >= 15 is 0 Å². The molecule has 3 nitrogen and oxygen atoms in total. The van der Waals surface area contributed by atoms with Gasteiger partial charge in [-0.2, -0.15) is 8.42 Å². The van der Waals surface area contributed by atoms with Crippen LogP contribution in [0.1, 0.15) is 20.3 Å². The van der Waals surface area contributed by atoms with Crippen molar-refractivity contribution >= 4 is 10.1 Å². The SMILES string of the molecule is CCC.CS(=O)(=O)O.[Ar].[Ar]. The van der Waals surface area contributed by atoms with Gasteiger partial charge in [0.15, 0.2) is 0 Å². The van der Waals surface area contributed by atoms with E-state index in [0.717, 1.165) is 0 Å². The second kappa shape index (κ2) is 14.0. The van der Waals surface area contributed by atoms with Gasteiger partial charge in [-0.25, -0.2) is 0 Å². The molecule has 0 atom stereocenters. The summed E-state index contributed by atoms with van der Waals surface area (Å²) in [5.74, 6) is 0. The van der Waals surface area contributed by atoms with Gasteiger partial charge in [0.05, 0.1) is 6.26 Å². The standard InChI is InChI=1S/C3H8.CH4O3S.2Ar/c1-3-2;1-5(2,3)4;;/h3H2,1-2H3;1H3,(H,2,3,4);;. The summed E-state index contributed by atoms with van der Waals surface area (Å²) in [5, 5.41) is 0. The Labute approximate surface area is 123 Å². The van der Waals surface area contributed by atoms with Crippen molar-refractivity contribution in [1.82, 2.24) is 0 Å². The van der Waals surface area contributed by atoms with Gasteiger partial charge in [-0.05, 0) is 0 Å². The van der Waals surface area contributed by atoms with Gasteiger partial charge in [-0.15, -0.1) is 0 Å². The Morgan fingerprint density at radius 2 is 1.20 bits per heavy atom. The molecule has 0 aromatic rings. The maximum atomic E-state index is 9.19. The summed E-state index contributed by atoms with van der Waals surface area (Å²) in [7, 11) is -3.67. The van der Waals surface area contributed by atoms with E-state index in [1.165, 1.54) is 6.42 Å². The van der Waals surface area contributed by atoms with Gasteiger partial charge in [-0.3, -0.25) is 4.55 Å². The van der Waals surface area contributed by atoms with E-state index in [-0.39, 0.29) is 75.5 Å². The van der Waals surface area contributed by atoms with E-state index in [4.69, 9.17) is 4.55 Å². The van der Waals surface area contributed by atoms with E-state index in [0.29, 0.717) is 6.26 Å². The van der Waals surface area contributed by atoms with Crippen LogP contribution >= 0.6 is 0 Å². The Morgan fingerprint density at radius 1 is 1.20 bits per heavy atom. The molecule has 0 unspecified atom stereocenters. The predicted molar refractivity (Wildman–Crippen MR) is 33.4 cm³/mol. The van der Waals surface area contributed by atoms with Crippen molar-refractivity contribution in [2.75, 3.05) is 6.26 Å². The molecule has 1 N–H and O–H groups in total. The van der Waals surface area contributed by atoms with Crippen molar-refractivity contribution in [2.24, 2.45) is 0 Å². The average molecular weight is 220 g/mol. The van der Waals surface area contributed by atoms with Crippen LogP contribution in [0.2, 0.25) is 0 Å². The van der Waals surface area contributed by atoms with Crippen molar-refractivity contribution in [3.63, 3.8) is 0 Å². The van der Waals surface area contributed by atoms with Crippen molar-refractivity contribution in [3.05, 3.63) is 0 Å². The summed E-state index contributed by atoms with van der Waals surface area (Å²) >= 11 is 0. The Hall–Kier alpha value is 2.43. The second-order valence-corrected chi connectivity index (χ2v) is 2.91. The molecule has 10 heavy (non-hydrogen) atoms. The summed E-state index contributed by atoms with van der Waals surface area (Å²) in [6, 6.07) is 0.